The smallest absolute Gasteiger partial charge is 0.182 e. The standard InChI is InChI=1S/C9H11N5/c1-6-5-7(10)3-4-8(6)9-11-12-13-14(9)2/h3-5H,10H2,1-2H3. The van der Waals surface area contributed by atoms with E-state index in [0.29, 0.717) is 0 Å². The topological polar surface area (TPSA) is 69.6 Å². The predicted molar refractivity (Wildman–Crippen MR) is 53.4 cm³/mol. The van der Waals surface area contributed by atoms with Gasteiger partial charge < -0.3 is 5.73 Å². The fourth-order valence-electron chi connectivity index (χ4n) is 1.40. The van der Waals surface area contributed by atoms with Crippen LogP contribution in [0.1, 0.15) is 5.56 Å². The zero-order chi connectivity index (χ0) is 10.1. The van der Waals surface area contributed by atoms with E-state index in [2.05, 4.69) is 15.5 Å². The summed E-state index contributed by atoms with van der Waals surface area (Å²) in [5.74, 6) is 0.752. The summed E-state index contributed by atoms with van der Waals surface area (Å²) in [6.07, 6.45) is 0. The molecule has 14 heavy (non-hydrogen) atoms. The van der Waals surface area contributed by atoms with Crippen LogP contribution in [-0.4, -0.2) is 20.2 Å². The fourth-order valence-corrected chi connectivity index (χ4v) is 1.40. The number of nitrogens with zero attached hydrogens (tertiary/aromatic N) is 4. The molecule has 0 fully saturated rings. The van der Waals surface area contributed by atoms with E-state index in [-0.39, 0.29) is 0 Å². The molecule has 2 aromatic rings. The minimum atomic E-state index is 0.751. The first-order chi connectivity index (χ1) is 6.68. The van der Waals surface area contributed by atoms with Crippen LogP contribution in [0.25, 0.3) is 11.4 Å². The Labute approximate surface area is 81.5 Å². The van der Waals surface area contributed by atoms with Gasteiger partial charge in [0.05, 0.1) is 0 Å². The van der Waals surface area contributed by atoms with Gasteiger partial charge in [-0.15, -0.1) is 5.10 Å². The number of anilines is 1. The van der Waals surface area contributed by atoms with Crippen molar-refractivity contribution in [1.29, 1.82) is 0 Å². The Morgan fingerprint density at radius 3 is 2.71 bits per heavy atom. The lowest BCUT2D eigenvalue weighted by Crippen LogP contribution is -1.97. The van der Waals surface area contributed by atoms with Gasteiger partial charge in [-0.1, -0.05) is 0 Å². The molecule has 0 unspecified atom stereocenters. The van der Waals surface area contributed by atoms with Crippen LogP contribution in [0.4, 0.5) is 5.69 Å². The van der Waals surface area contributed by atoms with Crippen molar-refractivity contribution in [2.45, 2.75) is 6.92 Å². The van der Waals surface area contributed by atoms with Crippen LogP contribution in [0, 0.1) is 6.92 Å². The fraction of sp³-hybridized carbons (Fsp3) is 0.222. The van der Waals surface area contributed by atoms with Crippen molar-refractivity contribution in [2.75, 3.05) is 5.73 Å². The maximum absolute atomic E-state index is 5.66. The lowest BCUT2D eigenvalue weighted by molar-refractivity contribution is 0.714. The Hall–Kier alpha value is -1.91. The molecule has 5 heteroatoms. The molecule has 0 aliphatic carbocycles. The molecule has 0 aliphatic heterocycles. The lowest BCUT2D eigenvalue weighted by atomic mass is 10.1. The molecule has 2 rings (SSSR count). The summed E-state index contributed by atoms with van der Waals surface area (Å²) in [6.45, 7) is 1.99. The highest BCUT2D eigenvalue weighted by Gasteiger charge is 2.08. The summed E-state index contributed by atoms with van der Waals surface area (Å²) < 4.78 is 1.64. The van der Waals surface area contributed by atoms with Crippen LogP contribution < -0.4 is 5.73 Å². The number of aryl methyl sites for hydroxylation is 2. The molecule has 72 valence electrons. The molecule has 0 bridgehead atoms. The molecule has 0 saturated carbocycles. The van der Waals surface area contributed by atoms with Gasteiger partial charge in [0.2, 0.25) is 0 Å². The van der Waals surface area contributed by atoms with Gasteiger partial charge in [0.25, 0.3) is 0 Å². The minimum absolute atomic E-state index is 0.751. The maximum Gasteiger partial charge on any atom is 0.182 e. The van der Waals surface area contributed by atoms with Crippen molar-refractivity contribution in [3.8, 4) is 11.4 Å². The van der Waals surface area contributed by atoms with Crippen molar-refractivity contribution in [2.24, 2.45) is 7.05 Å². The number of benzene rings is 1. The summed E-state index contributed by atoms with van der Waals surface area (Å²) >= 11 is 0. The van der Waals surface area contributed by atoms with E-state index in [1.807, 2.05) is 32.2 Å². The van der Waals surface area contributed by atoms with E-state index in [1.54, 1.807) is 4.68 Å². The predicted octanol–water partition coefficient (Wildman–Crippen LogP) is 0.768. The SMILES string of the molecule is Cc1cc(N)ccc1-c1nnnn1C. The normalized spacial score (nSPS) is 10.4. The van der Waals surface area contributed by atoms with Gasteiger partial charge in [0, 0.05) is 18.3 Å². The third-order valence-corrected chi connectivity index (χ3v) is 2.11. The lowest BCUT2D eigenvalue weighted by Gasteiger charge is -2.04. The van der Waals surface area contributed by atoms with Crippen LogP contribution in [-0.2, 0) is 7.05 Å². The van der Waals surface area contributed by atoms with E-state index in [9.17, 15) is 0 Å². The van der Waals surface area contributed by atoms with E-state index in [0.717, 1.165) is 22.6 Å². The largest absolute Gasteiger partial charge is 0.399 e. The average Bonchev–Trinajstić information content (AvgIpc) is 2.52. The Bertz CT molecular complexity index is 460. The summed E-state index contributed by atoms with van der Waals surface area (Å²) in [4.78, 5) is 0. The molecule has 0 amide bonds. The summed E-state index contributed by atoms with van der Waals surface area (Å²) in [5.41, 5.74) is 8.49. The van der Waals surface area contributed by atoms with Crippen LogP contribution in [0.2, 0.25) is 0 Å². The summed E-state index contributed by atoms with van der Waals surface area (Å²) in [7, 11) is 1.81. The van der Waals surface area contributed by atoms with Crippen LogP contribution in [0.15, 0.2) is 18.2 Å². The Balaban J connectivity index is 2.58. The van der Waals surface area contributed by atoms with Gasteiger partial charge in [-0.05, 0) is 41.1 Å². The number of nitrogen functional groups attached to an aromatic ring is 1. The van der Waals surface area contributed by atoms with Gasteiger partial charge in [-0.3, -0.25) is 0 Å². The summed E-state index contributed by atoms with van der Waals surface area (Å²) in [5, 5.41) is 11.3. The Kier molecular flexibility index (Phi) is 1.92. The second-order valence-electron chi connectivity index (χ2n) is 3.20. The van der Waals surface area contributed by atoms with Crippen molar-refractivity contribution in [1.82, 2.24) is 20.2 Å². The van der Waals surface area contributed by atoms with Crippen LogP contribution in [0.5, 0.6) is 0 Å². The van der Waals surface area contributed by atoms with Crippen LogP contribution >= 0.6 is 0 Å². The van der Waals surface area contributed by atoms with E-state index in [4.69, 9.17) is 5.73 Å². The van der Waals surface area contributed by atoms with Crippen molar-refractivity contribution in [3.63, 3.8) is 0 Å². The summed E-state index contributed by atoms with van der Waals surface area (Å²) in [6, 6.07) is 5.68. The highest BCUT2D eigenvalue weighted by molar-refractivity contribution is 5.63. The van der Waals surface area contributed by atoms with Crippen molar-refractivity contribution < 1.29 is 0 Å². The van der Waals surface area contributed by atoms with Crippen molar-refractivity contribution in [3.05, 3.63) is 23.8 Å². The number of rotatable bonds is 1. The molecule has 1 aromatic heterocycles. The number of nitrogens with two attached hydrogens (primary N) is 1. The van der Waals surface area contributed by atoms with E-state index >= 15 is 0 Å². The number of hydrogen-bond donors (Lipinski definition) is 1. The zero-order valence-electron chi connectivity index (χ0n) is 8.10. The van der Waals surface area contributed by atoms with Gasteiger partial charge in [-0.25, -0.2) is 4.68 Å². The molecule has 0 radical (unpaired) electrons. The second kappa shape index (κ2) is 3.10. The second-order valence-corrected chi connectivity index (χ2v) is 3.20. The molecule has 0 aliphatic rings. The third kappa shape index (κ3) is 1.32. The number of hydrogen-bond acceptors (Lipinski definition) is 4. The molecular weight excluding hydrogens is 178 g/mol. The minimum Gasteiger partial charge on any atom is -0.399 e. The monoisotopic (exact) mass is 189 g/mol. The Morgan fingerprint density at radius 1 is 1.36 bits per heavy atom. The zero-order valence-corrected chi connectivity index (χ0v) is 8.10. The molecule has 0 saturated heterocycles. The maximum atomic E-state index is 5.66. The first kappa shape index (κ1) is 8.68. The quantitative estimate of drug-likeness (QED) is 0.672. The van der Waals surface area contributed by atoms with Gasteiger partial charge in [0.15, 0.2) is 5.82 Å². The van der Waals surface area contributed by atoms with E-state index in [1.165, 1.54) is 0 Å². The van der Waals surface area contributed by atoms with Crippen molar-refractivity contribution >= 4 is 5.69 Å². The van der Waals surface area contributed by atoms with Gasteiger partial charge >= 0.3 is 0 Å². The number of aromatic nitrogens is 4. The van der Waals surface area contributed by atoms with Gasteiger partial charge in [-0.2, -0.15) is 0 Å². The molecule has 2 N–H and O–H groups in total. The molecular formula is C9H11N5. The Morgan fingerprint density at radius 2 is 2.14 bits per heavy atom. The molecule has 1 heterocycles. The molecule has 0 atom stereocenters. The molecule has 1 aromatic carbocycles. The highest BCUT2D eigenvalue weighted by Crippen LogP contribution is 2.21. The first-order valence-corrected chi connectivity index (χ1v) is 4.27. The first-order valence-electron chi connectivity index (χ1n) is 4.27. The molecule has 0 spiro atoms. The highest BCUT2D eigenvalue weighted by atomic mass is 15.5. The average molecular weight is 189 g/mol. The third-order valence-electron chi connectivity index (χ3n) is 2.11. The van der Waals surface area contributed by atoms with Gasteiger partial charge in [0.1, 0.15) is 0 Å². The molecule has 5 nitrogen and oxygen atoms in total. The van der Waals surface area contributed by atoms with E-state index < -0.39 is 0 Å². The van der Waals surface area contributed by atoms with Crippen LogP contribution in [0.3, 0.4) is 0 Å². The number of tetrazole rings is 1.